The Morgan fingerprint density at radius 1 is 1.29 bits per heavy atom. The number of hydrogen-bond acceptors (Lipinski definition) is 2. The zero-order valence-electron chi connectivity index (χ0n) is 12.7. The number of carbonyl (C=O) groups excluding carboxylic acids is 2. The fourth-order valence-electron chi connectivity index (χ4n) is 2.72. The molecule has 112 valence electrons. The number of nitrogens with one attached hydrogen (secondary N) is 1. The SMILES string of the molecule is CC(C)C(=O)Nc1ccc2c(c1)N(C(=O)C1CC1)CCC2. The molecule has 0 radical (unpaired) electrons. The van der Waals surface area contributed by atoms with E-state index in [1.54, 1.807) is 0 Å². The number of hydrogen-bond donors (Lipinski definition) is 1. The van der Waals surface area contributed by atoms with E-state index >= 15 is 0 Å². The number of carbonyl (C=O) groups is 2. The number of amides is 2. The molecule has 1 fully saturated rings. The molecule has 4 nitrogen and oxygen atoms in total. The predicted molar refractivity (Wildman–Crippen MR) is 83.3 cm³/mol. The highest BCUT2D eigenvalue weighted by Crippen LogP contribution is 2.36. The zero-order chi connectivity index (χ0) is 15.0. The van der Waals surface area contributed by atoms with Crippen LogP contribution in [0.5, 0.6) is 0 Å². The molecule has 0 spiro atoms. The van der Waals surface area contributed by atoms with Crippen LogP contribution in [0.2, 0.25) is 0 Å². The summed E-state index contributed by atoms with van der Waals surface area (Å²) in [7, 11) is 0. The molecule has 1 aliphatic heterocycles. The van der Waals surface area contributed by atoms with Gasteiger partial charge in [-0.05, 0) is 43.4 Å². The van der Waals surface area contributed by atoms with Crippen LogP contribution in [0.1, 0.15) is 38.7 Å². The molecule has 3 rings (SSSR count). The van der Waals surface area contributed by atoms with E-state index in [2.05, 4.69) is 5.32 Å². The standard InChI is InChI=1S/C17H22N2O2/c1-11(2)16(20)18-14-8-7-12-4-3-9-19(15(12)10-14)17(21)13-5-6-13/h7-8,10-11,13H,3-6,9H2,1-2H3,(H,18,20). The van der Waals surface area contributed by atoms with Crippen LogP contribution in [0.4, 0.5) is 11.4 Å². The third-order valence-electron chi connectivity index (χ3n) is 4.19. The van der Waals surface area contributed by atoms with Crippen molar-refractivity contribution in [3.63, 3.8) is 0 Å². The molecule has 0 atom stereocenters. The van der Waals surface area contributed by atoms with Crippen molar-refractivity contribution in [2.24, 2.45) is 11.8 Å². The van der Waals surface area contributed by atoms with Crippen LogP contribution in [0.3, 0.4) is 0 Å². The van der Waals surface area contributed by atoms with E-state index in [9.17, 15) is 9.59 Å². The van der Waals surface area contributed by atoms with Crippen molar-refractivity contribution in [2.45, 2.75) is 39.5 Å². The molecule has 1 N–H and O–H groups in total. The number of fused-ring (bicyclic) bond motifs is 1. The summed E-state index contributed by atoms with van der Waals surface area (Å²) in [5, 5.41) is 2.92. The van der Waals surface area contributed by atoms with Gasteiger partial charge in [0.1, 0.15) is 0 Å². The summed E-state index contributed by atoms with van der Waals surface area (Å²) in [6, 6.07) is 5.93. The smallest absolute Gasteiger partial charge is 0.230 e. The lowest BCUT2D eigenvalue weighted by Gasteiger charge is -2.30. The first-order valence-electron chi connectivity index (χ1n) is 7.81. The van der Waals surface area contributed by atoms with Crippen LogP contribution >= 0.6 is 0 Å². The van der Waals surface area contributed by atoms with Gasteiger partial charge >= 0.3 is 0 Å². The largest absolute Gasteiger partial charge is 0.326 e. The van der Waals surface area contributed by atoms with Gasteiger partial charge < -0.3 is 10.2 Å². The molecule has 1 heterocycles. The maximum absolute atomic E-state index is 12.4. The van der Waals surface area contributed by atoms with E-state index in [-0.39, 0.29) is 23.7 Å². The third-order valence-corrected chi connectivity index (χ3v) is 4.19. The van der Waals surface area contributed by atoms with Gasteiger partial charge in [-0.1, -0.05) is 19.9 Å². The Morgan fingerprint density at radius 2 is 2.05 bits per heavy atom. The lowest BCUT2D eigenvalue weighted by Crippen LogP contribution is -2.36. The van der Waals surface area contributed by atoms with Gasteiger partial charge in [-0.25, -0.2) is 0 Å². The number of nitrogens with zero attached hydrogens (tertiary/aromatic N) is 1. The zero-order valence-corrected chi connectivity index (χ0v) is 12.7. The van der Waals surface area contributed by atoms with Crippen molar-refractivity contribution in [1.82, 2.24) is 0 Å². The molecule has 1 aromatic carbocycles. The highest BCUT2D eigenvalue weighted by Gasteiger charge is 2.35. The van der Waals surface area contributed by atoms with Gasteiger partial charge in [-0.2, -0.15) is 0 Å². The van der Waals surface area contributed by atoms with E-state index in [4.69, 9.17) is 0 Å². The Kier molecular flexibility index (Phi) is 3.70. The third kappa shape index (κ3) is 2.94. The molecule has 2 aliphatic rings. The molecule has 1 aromatic rings. The van der Waals surface area contributed by atoms with Crippen molar-refractivity contribution in [3.8, 4) is 0 Å². The summed E-state index contributed by atoms with van der Waals surface area (Å²) in [5.74, 6) is 0.434. The first-order chi connectivity index (χ1) is 10.1. The van der Waals surface area contributed by atoms with E-state index < -0.39 is 0 Å². The Morgan fingerprint density at radius 3 is 2.71 bits per heavy atom. The normalized spacial score (nSPS) is 17.6. The fraction of sp³-hybridized carbons (Fsp3) is 0.529. The summed E-state index contributed by atoms with van der Waals surface area (Å²) in [5.41, 5.74) is 2.97. The highest BCUT2D eigenvalue weighted by molar-refractivity contribution is 5.99. The van der Waals surface area contributed by atoms with Crippen molar-refractivity contribution >= 4 is 23.2 Å². The Balaban J connectivity index is 1.85. The molecule has 0 aromatic heterocycles. The second kappa shape index (κ2) is 5.51. The van der Waals surface area contributed by atoms with E-state index in [1.807, 2.05) is 36.9 Å². The average Bonchev–Trinajstić information content (AvgIpc) is 3.30. The molecular formula is C17H22N2O2. The number of rotatable bonds is 3. The number of benzene rings is 1. The topological polar surface area (TPSA) is 49.4 Å². The van der Waals surface area contributed by atoms with Gasteiger partial charge in [0.2, 0.25) is 11.8 Å². The van der Waals surface area contributed by atoms with Gasteiger partial charge in [0.15, 0.2) is 0 Å². The van der Waals surface area contributed by atoms with Crippen molar-refractivity contribution in [3.05, 3.63) is 23.8 Å². The van der Waals surface area contributed by atoms with Crippen LogP contribution in [-0.2, 0) is 16.0 Å². The van der Waals surface area contributed by atoms with E-state index in [1.165, 1.54) is 5.56 Å². The van der Waals surface area contributed by atoms with Crippen molar-refractivity contribution in [2.75, 3.05) is 16.8 Å². The van der Waals surface area contributed by atoms with Crippen LogP contribution < -0.4 is 10.2 Å². The van der Waals surface area contributed by atoms with Gasteiger partial charge in [0.05, 0.1) is 0 Å². The monoisotopic (exact) mass is 286 g/mol. The van der Waals surface area contributed by atoms with Crippen molar-refractivity contribution in [1.29, 1.82) is 0 Å². The molecule has 0 saturated heterocycles. The summed E-state index contributed by atoms with van der Waals surface area (Å²) in [6.45, 7) is 4.54. The Bertz CT molecular complexity index is 576. The minimum Gasteiger partial charge on any atom is -0.326 e. The Labute approximate surface area is 125 Å². The quantitative estimate of drug-likeness (QED) is 0.928. The van der Waals surface area contributed by atoms with Crippen molar-refractivity contribution < 1.29 is 9.59 Å². The first kappa shape index (κ1) is 14.1. The number of anilines is 2. The predicted octanol–water partition coefficient (Wildman–Crippen LogP) is 2.97. The molecular weight excluding hydrogens is 264 g/mol. The summed E-state index contributed by atoms with van der Waals surface area (Å²) < 4.78 is 0. The fourth-order valence-corrected chi connectivity index (χ4v) is 2.72. The van der Waals surface area contributed by atoms with Gasteiger partial charge in [-0.3, -0.25) is 9.59 Å². The molecule has 0 unspecified atom stereocenters. The highest BCUT2D eigenvalue weighted by atomic mass is 16.2. The molecule has 0 bridgehead atoms. The maximum Gasteiger partial charge on any atom is 0.230 e. The second-order valence-corrected chi connectivity index (χ2v) is 6.36. The Hall–Kier alpha value is -1.84. The van der Waals surface area contributed by atoms with Crippen LogP contribution in [0.25, 0.3) is 0 Å². The van der Waals surface area contributed by atoms with Crippen LogP contribution in [0.15, 0.2) is 18.2 Å². The summed E-state index contributed by atoms with van der Waals surface area (Å²) >= 11 is 0. The lowest BCUT2D eigenvalue weighted by molar-refractivity contribution is -0.120. The molecule has 21 heavy (non-hydrogen) atoms. The number of aryl methyl sites for hydroxylation is 1. The minimum absolute atomic E-state index is 0.00540. The van der Waals surface area contributed by atoms with Gasteiger partial charge in [-0.15, -0.1) is 0 Å². The minimum atomic E-state index is -0.0507. The molecule has 1 saturated carbocycles. The second-order valence-electron chi connectivity index (χ2n) is 6.36. The van der Waals surface area contributed by atoms with Crippen LogP contribution in [-0.4, -0.2) is 18.4 Å². The van der Waals surface area contributed by atoms with Gasteiger partial charge in [0, 0.05) is 29.8 Å². The lowest BCUT2D eigenvalue weighted by atomic mass is 10.0. The van der Waals surface area contributed by atoms with Gasteiger partial charge in [0.25, 0.3) is 0 Å². The van der Waals surface area contributed by atoms with Crippen LogP contribution in [0, 0.1) is 11.8 Å². The summed E-state index contributed by atoms with van der Waals surface area (Å²) in [4.78, 5) is 26.1. The first-order valence-corrected chi connectivity index (χ1v) is 7.81. The molecule has 4 heteroatoms. The molecule has 2 amide bonds. The maximum atomic E-state index is 12.4. The average molecular weight is 286 g/mol. The summed E-state index contributed by atoms with van der Waals surface area (Å²) in [6.07, 6.45) is 4.06. The van der Waals surface area contributed by atoms with E-state index in [0.717, 1.165) is 43.6 Å². The molecule has 1 aliphatic carbocycles. The van der Waals surface area contributed by atoms with E-state index in [0.29, 0.717) is 0 Å².